The van der Waals surface area contributed by atoms with Crippen LogP contribution in [-0.2, 0) is 0 Å². The molecule has 1 fully saturated rings. The summed E-state index contributed by atoms with van der Waals surface area (Å²) in [6.45, 7) is 2.15. The molecule has 1 aliphatic rings. The Balaban J connectivity index is 1.36. The molecule has 0 aliphatic carbocycles. The zero-order chi connectivity index (χ0) is 20.5. The van der Waals surface area contributed by atoms with E-state index in [1.54, 1.807) is 29.2 Å². The van der Waals surface area contributed by atoms with Crippen LogP contribution < -0.4 is 10.2 Å². The molecule has 30 heavy (non-hydrogen) atoms. The van der Waals surface area contributed by atoms with Crippen LogP contribution in [0.4, 0.5) is 21.8 Å². The molecule has 0 radical (unpaired) electrons. The number of furan rings is 1. The Hall–Kier alpha value is -4.02. The first kappa shape index (κ1) is 18.0. The second kappa shape index (κ2) is 7.43. The summed E-state index contributed by atoms with van der Waals surface area (Å²) in [4.78, 5) is 25.3. The molecule has 4 heterocycles. The van der Waals surface area contributed by atoms with Gasteiger partial charge in [-0.05, 0) is 36.4 Å². The summed E-state index contributed by atoms with van der Waals surface area (Å²) in [5.74, 6) is 0.814. The maximum atomic E-state index is 13.2. The number of aromatic nitrogens is 5. The van der Waals surface area contributed by atoms with Gasteiger partial charge in [0.25, 0.3) is 5.91 Å². The van der Waals surface area contributed by atoms with E-state index in [2.05, 4.69) is 30.7 Å². The number of anilines is 3. The minimum absolute atomic E-state index is 0.133. The Morgan fingerprint density at radius 2 is 1.87 bits per heavy atom. The number of nitrogens with zero attached hydrogens (tertiary/aromatic N) is 6. The van der Waals surface area contributed by atoms with Gasteiger partial charge in [-0.2, -0.15) is 20.3 Å². The van der Waals surface area contributed by atoms with Crippen molar-refractivity contribution in [1.29, 1.82) is 0 Å². The average molecular weight is 408 g/mol. The Labute approximate surface area is 169 Å². The van der Waals surface area contributed by atoms with Crippen molar-refractivity contribution in [3.05, 3.63) is 54.2 Å². The predicted molar refractivity (Wildman–Crippen MR) is 106 cm³/mol. The SMILES string of the molecule is O=C(c1ccco1)N1CCN(c2nc(Nc3ccc(F)cc3)c3n[nH]nc3n2)CC1. The molecule has 1 saturated heterocycles. The van der Waals surface area contributed by atoms with Crippen LogP contribution in [0.5, 0.6) is 0 Å². The molecule has 2 N–H and O–H groups in total. The number of amides is 1. The molecule has 4 aromatic rings. The number of halogens is 1. The van der Waals surface area contributed by atoms with Gasteiger partial charge in [0.1, 0.15) is 5.82 Å². The summed E-state index contributed by atoms with van der Waals surface area (Å²) in [5.41, 5.74) is 1.56. The molecule has 3 aromatic heterocycles. The van der Waals surface area contributed by atoms with Gasteiger partial charge in [0.2, 0.25) is 11.6 Å². The highest BCUT2D eigenvalue weighted by molar-refractivity contribution is 5.91. The highest BCUT2D eigenvalue weighted by atomic mass is 19.1. The Morgan fingerprint density at radius 3 is 2.60 bits per heavy atom. The molecule has 10 nitrogen and oxygen atoms in total. The molecule has 0 bridgehead atoms. The van der Waals surface area contributed by atoms with E-state index < -0.39 is 0 Å². The summed E-state index contributed by atoms with van der Waals surface area (Å²) in [6.07, 6.45) is 1.49. The van der Waals surface area contributed by atoms with Crippen LogP contribution in [0, 0.1) is 5.82 Å². The van der Waals surface area contributed by atoms with Gasteiger partial charge in [0, 0.05) is 31.9 Å². The zero-order valence-corrected chi connectivity index (χ0v) is 15.7. The normalized spacial score (nSPS) is 14.3. The standard InChI is InChI=1S/C19H17FN8O2/c20-12-3-5-13(6-4-12)21-16-15-17(25-26-24-15)23-19(22-16)28-9-7-27(8-10-28)18(29)14-2-1-11-30-14/h1-6,11H,7-10H2,(H2,21,22,23,24,25,26). The van der Waals surface area contributed by atoms with E-state index in [-0.39, 0.29) is 11.7 Å². The van der Waals surface area contributed by atoms with Crippen molar-refractivity contribution in [3.8, 4) is 0 Å². The van der Waals surface area contributed by atoms with Crippen LogP contribution in [0.2, 0.25) is 0 Å². The second-order valence-corrected chi connectivity index (χ2v) is 6.76. The monoisotopic (exact) mass is 408 g/mol. The van der Waals surface area contributed by atoms with Gasteiger partial charge < -0.3 is 19.5 Å². The third-order valence-corrected chi connectivity index (χ3v) is 4.86. The van der Waals surface area contributed by atoms with E-state index >= 15 is 0 Å². The molecule has 0 saturated carbocycles. The smallest absolute Gasteiger partial charge is 0.289 e. The lowest BCUT2D eigenvalue weighted by atomic mass is 10.3. The van der Waals surface area contributed by atoms with E-state index in [1.165, 1.54) is 18.4 Å². The van der Waals surface area contributed by atoms with Crippen molar-refractivity contribution < 1.29 is 13.6 Å². The van der Waals surface area contributed by atoms with Crippen molar-refractivity contribution in [2.45, 2.75) is 0 Å². The van der Waals surface area contributed by atoms with Crippen molar-refractivity contribution >= 4 is 34.5 Å². The number of carbonyl (C=O) groups is 1. The molecule has 1 amide bonds. The molecule has 152 valence electrons. The number of piperazine rings is 1. The fraction of sp³-hybridized carbons (Fsp3) is 0.211. The summed E-state index contributed by atoms with van der Waals surface area (Å²) in [6, 6.07) is 9.30. The summed E-state index contributed by atoms with van der Waals surface area (Å²) in [7, 11) is 0. The number of H-pyrrole nitrogens is 1. The van der Waals surface area contributed by atoms with Crippen LogP contribution >= 0.6 is 0 Å². The largest absolute Gasteiger partial charge is 0.459 e. The quantitative estimate of drug-likeness (QED) is 0.528. The van der Waals surface area contributed by atoms with E-state index in [0.717, 1.165) is 0 Å². The molecular formula is C19H17FN8O2. The fourth-order valence-electron chi connectivity index (χ4n) is 3.30. The minimum Gasteiger partial charge on any atom is -0.459 e. The first-order valence-electron chi connectivity index (χ1n) is 9.36. The highest BCUT2D eigenvalue weighted by Crippen LogP contribution is 2.24. The maximum Gasteiger partial charge on any atom is 0.289 e. The lowest BCUT2D eigenvalue weighted by Gasteiger charge is -2.34. The van der Waals surface area contributed by atoms with Gasteiger partial charge in [0.15, 0.2) is 17.1 Å². The third kappa shape index (κ3) is 3.41. The Morgan fingerprint density at radius 1 is 1.07 bits per heavy atom. The van der Waals surface area contributed by atoms with Gasteiger partial charge in [-0.1, -0.05) is 0 Å². The first-order chi connectivity index (χ1) is 14.7. The van der Waals surface area contributed by atoms with Gasteiger partial charge in [-0.3, -0.25) is 4.79 Å². The Bertz CT molecular complexity index is 1170. The molecule has 0 atom stereocenters. The molecule has 5 rings (SSSR count). The van der Waals surface area contributed by atoms with Gasteiger partial charge in [-0.25, -0.2) is 4.39 Å². The van der Waals surface area contributed by atoms with Crippen LogP contribution in [0.1, 0.15) is 10.6 Å². The first-order valence-corrected chi connectivity index (χ1v) is 9.36. The molecule has 0 unspecified atom stereocenters. The van der Waals surface area contributed by atoms with Gasteiger partial charge in [-0.15, -0.1) is 5.10 Å². The van der Waals surface area contributed by atoms with E-state index in [4.69, 9.17) is 4.42 Å². The number of hydrogen-bond donors (Lipinski definition) is 2. The second-order valence-electron chi connectivity index (χ2n) is 6.76. The topological polar surface area (TPSA) is 116 Å². The molecule has 1 aliphatic heterocycles. The number of hydrogen-bond acceptors (Lipinski definition) is 8. The maximum absolute atomic E-state index is 13.2. The van der Waals surface area contributed by atoms with E-state index in [0.29, 0.717) is 60.6 Å². The van der Waals surface area contributed by atoms with Crippen molar-refractivity contribution in [2.75, 3.05) is 36.4 Å². The number of aromatic amines is 1. The fourth-order valence-corrected chi connectivity index (χ4v) is 3.30. The Kier molecular flexibility index (Phi) is 4.46. The lowest BCUT2D eigenvalue weighted by Crippen LogP contribution is -2.49. The number of rotatable bonds is 4. The predicted octanol–water partition coefficient (Wildman–Crippen LogP) is 2.19. The number of benzene rings is 1. The van der Waals surface area contributed by atoms with Gasteiger partial charge in [0.05, 0.1) is 6.26 Å². The van der Waals surface area contributed by atoms with Crippen LogP contribution in [0.15, 0.2) is 47.1 Å². The van der Waals surface area contributed by atoms with Crippen LogP contribution in [-0.4, -0.2) is 62.4 Å². The molecular weight excluding hydrogens is 391 g/mol. The minimum atomic E-state index is -0.322. The molecule has 11 heteroatoms. The lowest BCUT2D eigenvalue weighted by molar-refractivity contribution is 0.0714. The average Bonchev–Trinajstić information content (AvgIpc) is 3.47. The van der Waals surface area contributed by atoms with E-state index in [1.807, 2.05) is 4.90 Å². The van der Waals surface area contributed by atoms with E-state index in [9.17, 15) is 9.18 Å². The van der Waals surface area contributed by atoms with Crippen molar-refractivity contribution in [3.63, 3.8) is 0 Å². The number of carbonyl (C=O) groups excluding carboxylic acids is 1. The van der Waals surface area contributed by atoms with Crippen molar-refractivity contribution in [1.82, 2.24) is 30.3 Å². The molecule has 1 aromatic carbocycles. The summed E-state index contributed by atoms with van der Waals surface area (Å²) < 4.78 is 18.4. The number of nitrogens with one attached hydrogen (secondary N) is 2. The van der Waals surface area contributed by atoms with Crippen LogP contribution in [0.25, 0.3) is 11.2 Å². The summed E-state index contributed by atoms with van der Waals surface area (Å²) >= 11 is 0. The number of fused-ring (bicyclic) bond motifs is 1. The van der Waals surface area contributed by atoms with Crippen molar-refractivity contribution in [2.24, 2.45) is 0 Å². The van der Waals surface area contributed by atoms with Gasteiger partial charge >= 0.3 is 0 Å². The van der Waals surface area contributed by atoms with Crippen LogP contribution in [0.3, 0.4) is 0 Å². The summed E-state index contributed by atoms with van der Waals surface area (Å²) in [5, 5.41) is 13.9. The highest BCUT2D eigenvalue weighted by Gasteiger charge is 2.26. The molecule has 0 spiro atoms. The zero-order valence-electron chi connectivity index (χ0n) is 15.7. The third-order valence-electron chi connectivity index (χ3n) is 4.86.